The monoisotopic (exact) mass is 558 g/mol. The van der Waals surface area contributed by atoms with Gasteiger partial charge in [0, 0.05) is 0 Å². The third-order valence-corrected chi connectivity index (χ3v) is 7.85. The lowest BCUT2D eigenvalue weighted by atomic mass is 9.97. The summed E-state index contributed by atoms with van der Waals surface area (Å²) in [6, 6.07) is -0.940. The highest BCUT2D eigenvalue weighted by Gasteiger charge is 2.46. The second kappa shape index (κ2) is 22.4. The minimum absolute atomic E-state index is 0.358. The van der Waals surface area contributed by atoms with Crippen LogP contribution in [0.2, 0.25) is 0 Å². The summed E-state index contributed by atoms with van der Waals surface area (Å²) >= 11 is 0. The van der Waals surface area contributed by atoms with Crippen molar-refractivity contribution < 1.29 is 34.8 Å². The van der Waals surface area contributed by atoms with Crippen LogP contribution in [0, 0.1) is 0 Å². The molecule has 7 N–H and O–H groups in total. The number of primary amides is 1. The van der Waals surface area contributed by atoms with Crippen LogP contribution in [0.15, 0.2) is 0 Å². The van der Waals surface area contributed by atoms with Crippen LogP contribution in [-0.2, 0) is 14.3 Å². The van der Waals surface area contributed by atoms with E-state index in [1.807, 2.05) is 0 Å². The first kappa shape index (κ1) is 35.8. The van der Waals surface area contributed by atoms with E-state index < -0.39 is 48.6 Å². The van der Waals surface area contributed by atoms with Crippen molar-refractivity contribution in [3.8, 4) is 0 Å². The fourth-order valence-electron chi connectivity index (χ4n) is 5.22. The van der Waals surface area contributed by atoms with Crippen molar-refractivity contribution in [1.29, 1.82) is 0 Å². The van der Waals surface area contributed by atoms with Gasteiger partial charge in [-0.05, 0) is 6.42 Å². The number of aliphatic hydroxyl groups excluding tert-OH is 4. The van der Waals surface area contributed by atoms with Crippen molar-refractivity contribution in [1.82, 2.24) is 5.32 Å². The number of carbonyl (C=O) groups excluding carboxylic acids is 2. The molecule has 0 aromatic rings. The first-order valence-corrected chi connectivity index (χ1v) is 15.8. The van der Waals surface area contributed by atoms with Crippen molar-refractivity contribution in [2.45, 2.75) is 179 Å². The van der Waals surface area contributed by atoms with Gasteiger partial charge in [-0.15, -0.1) is 0 Å². The molecule has 230 valence electrons. The van der Waals surface area contributed by atoms with Gasteiger partial charge in [-0.1, -0.05) is 135 Å². The summed E-state index contributed by atoms with van der Waals surface area (Å²) in [5.74, 6) is -1.57. The van der Waals surface area contributed by atoms with E-state index in [1.54, 1.807) is 0 Å². The molecule has 9 heteroatoms. The minimum Gasteiger partial charge on any atom is -0.387 e. The molecule has 1 aliphatic rings. The SMILES string of the molecule is CCCCCCCCCCCCCCCCCCCCCCC(NC(=O)C1OC(O)C(O)C(O)C1O)C(N)=O. The lowest BCUT2D eigenvalue weighted by Gasteiger charge is -2.37. The van der Waals surface area contributed by atoms with Crippen LogP contribution in [0.4, 0.5) is 0 Å². The second-order valence-corrected chi connectivity index (χ2v) is 11.4. The van der Waals surface area contributed by atoms with Crippen LogP contribution in [-0.4, -0.2) is 69.0 Å². The predicted octanol–water partition coefficient (Wildman–Crippen LogP) is 3.97. The molecule has 6 unspecified atom stereocenters. The number of carbonyl (C=O) groups is 2. The highest BCUT2D eigenvalue weighted by Crippen LogP contribution is 2.20. The molecule has 6 atom stereocenters. The van der Waals surface area contributed by atoms with Crippen molar-refractivity contribution >= 4 is 11.8 Å². The normalized spacial score (nSPS) is 24.0. The van der Waals surface area contributed by atoms with E-state index in [4.69, 9.17) is 10.5 Å². The van der Waals surface area contributed by atoms with Crippen molar-refractivity contribution in [3.63, 3.8) is 0 Å². The van der Waals surface area contributed by atoms with Crippen molar-refractivity contribution in [3.05, 3.63) is 0 Å². The maximum atomic E-state index is 12.4. The summed E-state index contributed by atoms with van der Waals surface area (Å²) in [4.78, 5) is 24.2. The second-order valence-electron chi connectivity index (χ2n) is 11.4. The molecular formula is C30H58N2O7. The lowest BCUT2D eigenvalue weighted by Crippen LogP contribution is -2.62. The molecular weight excluding hydrogens is 500 g/mol. The molecule has 0 aromatic carbocycles. The third kappa shape index (κ3) is 15.9. The third-order valence-electron chi connectivity index (χ3n) is 7.85. The van der Waals surface area contributed by atoms with Crippen LogP contribution in [0.5, 0.6) is 0 Å². The molecule has 0 saturated carbocycles. The number of ether oxygens (including phenoxy) is 1. The Morgan fingerprint density at radius 2 is 1.03 bits per heavy atom. The first-order chi connectivity index (χ1) is 18.8. The van der Waals surface area contributed by atoms with E-state index in [2.05, 4.69) is 12.2 Å². The molecule has 0 aliphatic carbocycles. The smallest absolute Gasteiger partial charge is 0.252 e. The van der Waals surface area contributed by atoms with Gasteiger partial charge >= 0.3 is 0 Å². The quantitative estimate of drug-likeness (QED) is 0.0976. The number of nitrogens with two attached hydrogens (primary N) is 1. The molecule has 1 rings (SSSR count). The Labute approximate surface area is 236 Å². The van der Waals surface area contributed by atoms with Crippen LogP contribution < -0.4 is 11.1 Å². The Kier molecular flexibility index (Phi) is 20.6. The van der Waals surface area contributed by atoms with Gasteiger partial charge < -0.3 is 36.2 Å². The standard InChI is InChI=1S/C30H58N2O7/c1-2-3-4-5-6-7-8-9-10-11-12-13-14-15-16-17-18-19-20-21-22-23(28(31)36)32-29(37)27-25(34)24(33)26(35)30(38)39-27/h23-27,30,33-35,38H,2-22H2,1H3,(H2,31,36)(H,32,37). The van der Waals surface area contributed by atoms with Gasteiger partial charge in [0.05, 0.1) is 0 Å². The molecule has 0 bridgehead atoms. The number of hydrogen-bond donors (Lipinski definition) is 6. The summed E-state index contributed by atoms with van der Waals surface area (Å²) in [7, 11) is 0. The number of unbranched alkanes of at least 4 members (excludes halogenated alkanes) is 19. The zero-order chi connectivity index (χ0) is 28.9. The topological polar surface area (TPSA) is 162 Å². The van der Waals surface area contributed by atoms with Crippen LogP contribution in [0.25, 0.3) is 0 Å². The van der Waals surface area contributed by atoms with Crippen molar-refractivity contribution in [2.24, 2.45) is 5.73 Å². The summed E-state index contributed by atoms with van der Waals surface area (Å²) in [6.07, 6.45) is 17.3. The van der Waals surface area contributed by atoms with E-state index in [0.717, 1.165) is 19.3 Å². The van der Waals surface area contributed by atoms with E-state index >= 15 is 0 Å². The minimum atomic E-state index is -1.82. The number of nitrogens with one attached hydrogen (secondary N) is 1. The largest absolute Gasteiger partial charge is 0.387 e. The lowest BCUT2D eigenvalue weighted by molar-refractivity contribution is -0.275. The zero-order valence-corrected chi connectivity index (χ0v) is 24.4. The molecule has 1 saturated heterocycles. The van der Waals surface area contributed by atoms with E-state index in [9.17, 15) is 30.0 Å². The highest BCUT2D eigenvalue weighted by molar-refractivity contribution is 5.89. The Hall–Kier alpha value is -1.26. The molecule has 0 aromatic heterocycles. The van der Waals surface area contributed by atoms with Crippen LogP contribution in [0.1, 0.15) is 142 Å². The Morgan fingerprint density at radius 1 is 0.641 bits per heavy atom. The summed E-state index contributed by atoms with van der Waals surface area (Å²) in [6.45, 7) is 2.27. The van der Waals surface area contributed by atoms with E-state index in [0.29, 0.717) is 12.8 Å². The predicted molar refractivity (Wildman–Crippen MR) is 153 cm³/mol. The first-order valence-electron chi connectivity index (χ1n) is 15.8. The van der Waals surface area contributed by atoms with Crippen molar-refractivity contribution in [2.75, 3.05) is 0 Å². The summed E-state index contributed by atoms with van der Waals surface area (Å²) < 4.78 is 4.90. The maximum Gasteiger partial charge on any atom is 0.252 e. The average Bonchev–Trinajstić information content (AvgIpc) is 2.91. The molecule has 0 spiro atoms. The fourth-order valence-corrected chi connectivity index (χ4v) is 5.22. The van der Waals surface area contributed by atoms with Gasteiger partial charge in [0.25, 0.3) is 5.91 Å². The highest BCUT2D eigenvalue weighted by atomic mass is 16.6. The van der Waals surface area contributed by atoms with Gasteiger partial charge in [0.2, 0.25) is 5.91 Å². The number of hydrogen-bond acceptors (Lipinski definition) is 7. The molecule has 1 aliphatic heterocycles. The number of rotatable bonds is 24. The van der Waals surface area contributed by atoms with Gasteiger partial charge in [-0.3, -0.25) is 9.59 Å². The zero-order valence-electron chi connectivity index (χ0n) is 24.4. The molecule has 9 nitrogen and oxygen atoms in total. The molecule has 2 amide bonds. The molecule has 1 heterocycles. The van der Waals surface area contributed by atoms with E-state index in [-0.39, 0.29) is 0 Å². The van der Waals surface area contributed by atoms with Crippen LogP contribution >= 0.6 is 0 Å². The van der Waals surface area contributed by atoms with E-state index in [1.165, 1.54) is 103 Å². The number of aliphatic hydroxyl groups is 4. The summed E-state index contributed by atoms with van der Waals surface area (Å²) in [5, 5.41) is 41.3. The van der Waals surface area contributed by atoms with Gasteiger partial charge in [-0.2, -0.15) is 0 Å². The molecule has 1 fully saturated rings. The molecule has 0 radical (unpaired) electrons. The van der Waals surface area contributed by atoms with Gasteiger partial charge in [0.15, 0.2) is 12.4 Å². The maximum absolute atomic E-state index is 12.4. The fraction of sp³-hybridized carbons (Fsp3) is 0.933. The molecule has 39 heavy (non-hydrogen) atoms. The van der Waals surface area contributed by atoms with Gasteiger partial charge in [-0.25, -0.2) is 0 Å². The Morgan fingerprint density at radius 3 is 1.41 bits per heavy atom. The number of amides is 2. The average molecular weight is 559 g/mol. The Balaban J connectivity index is 1.98. The van der Waals surface area contributed by atoms with Crippen LogP contribution in [0.3, 0.4) is 0 Å². The summed E-state index contributed by atoms with van der Waals surface area (Å²) in [5.41, 5.74) is 5.42. The van der Waals surface area contributed by atoms with Gasteiger partial charge in [0.1, 0.15) is 24.4 Å². The Bertz CT molecular complexity index is 636.